The number of benzene rings is 1. The second-order valence-corrected chi connectivity index (χ2v) is 6.92. The van der Waals surface area contributed by atoms with Crippen LogP contribution in [0.5, 0.6) is 5.75 Å². The standard InChI is InChI=1S/C18H26ClN3O3/c1-13(2)20-17(23)12-21-8-10-22(11-9-21)18(24)14(3)25-16-7-5-4-6-15(16)19/h4-7,13-14H,8-12H2,1-3H3,(H,20,23)/t14-/m1/s1. The fraction of sp³-hybridized carbons (Fsp3) is 0.556. The number of hydrogen-bond acceptors (Lipinski definition) is 4. The largest absolute Gasteiger partial charge is 0.479 e. The van der Waals surface area contributed by atoms with E-state index >= 15 is 0 Å². The Kier molecular flexibility index (Phi) is 7.08. The summed E-state index contributed by atoms with van der Waals surface area (Å²) in [6.45, 7) is 8.50. The summed E-state index contributed by atoms with van der Waals surface area (Å²) in [4.78, 5) is 28.2. The molecule has 1 saturated heterocycles. The normalized spacial score (nSPS) is 16.6. The van der Waals surface area contributed by atoms with Gasteiger partial charge in [-0.05, 0) is 32.9 Å². The first kappa shape index (κ1) is 19.5. The molecule has 0 saturated carbocycles. The first-order valence-corrected chi connectivity index (χ1v) is 8.96. The lowest BCUT2D eigenvalue weighted by molar-refractivity contribution is -0.139. The van der Waals surface area contributed by atoms with Crippen molar-refractivity contribution in [3.63, 3.8) is 0 Å². The highest BCUT2D eigenvalue weighted by molar-refractivity contribution is 6.32. The van der Waals surface area contributed by atoms with Gasteiger partial charge in [-0.15, -0.1) is 0 Å². The summed E-state index contributed by atoms with van der Waals surface area (Å²) in [6.07, 6.45) is -0.601. The number of rotatable bonds is 6. The maximum Gasteiger partial charge on any atom is 0.263 e. The number of amides is 2. The highest BCUT2D eigenvalue weighted by Gasteiger charge is 2.27. The summed E-state index contributed by atoms with van der Waals surface area (Å²) >= 11 is 6.07. The molecule has 2 rings (SSSR count). The highest BCUT2D eigenvalue weighted by atomic mass is 35.5. The molecule has 0 unspecified atom stereocenters. The van der Waals surface area contributed by atoms with Crippen molar-refractivity contribution in [1.29, 1.82) is 0 Å². The molecule has 1 aliphatic rings. The Bertz CT molecular complexity index is 601. The molecule has 0 aliphatic carbocycles. The molecule has 6 nitrogen and oxygen atoms in total. The molecular weight excluding hydrogens is 342 g/mol. The van der Waals surface area contributed by atoms with Crippen LogP contribution in [0.15, 0.2) is 24.3 Å². The average Bonchev–Trinajstić information content (AvgIpc) is 2.56. The first-order valence-electron chi connectivity index (χ1n) is 8.58. The summed E-state index contributed by atoms with van der Waals surface area (Å²) in [5, 5.41) is 3.37. The molecule has 7 heteroatoms. The minimum Gasteiger partial charge on any atom is -0.479 e. The lowest BCUT2D eigenvalue weighted by Crippen LogP contribution is -2.53. The lowest BCUT2D eigenvalue weighted by Gasteiger charge is -2.35. The van der Waals surface area contributed by atoms with E-state index < -0.39 is 6.10 Å². The second-order valence-electron chi connectivity index (χ2n) is 6.51. The van der Waals surface area contributed by atoms with Crippen molar-refractivity contribution >= 4 is 23.4 Å². The first-order chi connectivity index (χ1) is 11.9. The number of nitrogens with one attached hydrogen (secondary N) is 1. The van der Waals surface area contributed by atoms with Gasteiger partial charge in [-0.25, -0.2) is 0 Å². The van der Waals surface area contributed by atoms with Crippen molar-refractivity contribution in [3.8, 4) is 5.75 Å². The summed E-state index contributed by atoms with van der Waals surface area (Å²) in [7, 11) is 0. The molecule has 0 radical (unpaired) electrons. The lowest BCUT2D eigenvalue weighted by atomic mass is 10.2. The topological polar surface area (TPSA) is 61.9 Å². The van der Waals surface area contributed by atoms with Gasteiger partial charge in [0.25, 0.3) is 5.91 Å². The predicted octanol–water partition coefficient (Wildman–Crippen LogP) is 1.78. The van der Waals surface area contributed by atoms with Crippen molar-refractivity contribution in [1.82, 2.24) is 15.1 Å². The third-order valence-corrected chi connectivity index (χ3v) is 4.30. The van der Waals surface area contributed by atoms with E-state index in [1.54, 1.807) is 24.0 Å². The quantitative estimate of drug-likeness (QED) is 0.832. The summed E-state index contributed by atoms with van der Waals surface area (Å²) < 4.78 is 5.69. The minimum absolute atomic E-state index is 0.0187. The van der Waals surface area contributed by atoms with Gasteiger partial charge in [0.05, 0.1) is 11.6 Å². The van der Waals surface area contributed by atoms with Crippen LogP contribution in [0, 0.1) is 0 Å². The summed E-state index contributed by atoms with van der Waals surface area (Å²) in [5.74, 6) is 0.463. The maximum atomic E-state index is 12.5. The molecule has 0 spiro atoms. The second kappa shape index (κ2) is 9.06. The number of halogens is 1. The molecule has 0 bridgehead atoms. The van der Waals surface area contributed by atoms with Crippen LogP contribution in [0.4, 0.5) is 0 Å². The van der Waals surface area contributed by atoms with Gasteiger partial charge < -0.3 is 15.0 Å². The number of hydrogen-bond donors (Lipinski definition) is 1. The zero-order valence-electron chi connectivity index (χ0n) is 15.0. The van der Waals surface area contributed by atoms with Gasteiger partial charge in [-0.2, -0.15) is 0 Å². The van der Waals surface area contributed by atoms with Crippen LogP contribution in [0.3, 0.4) is 0 Å². The molecule has 2 amide bonds. The predicted molar refractivity (Wildman–Crippen MR) is 97.8 cm³/mol. The van der Waals surface area contributed by atoms with Crippen LogP contribution in [-0.4, -0.2) is 66.5 Å². The van der Waals surface area contributed by atoms with Crippen molar-refractivity contribution in [2.75, 3.05) is 32.7 Å². The number of para-hydroxylation sites is 1. The SMILES string of the molecule is CC(C)NC(=O)CN1CCN(C(=O)[C@@H](C)Oc2ccccc2Cl)CC1. The molecule has 1 aromatic carbocycles. The summed E-state index contributed by atoms with van der Waals surface area (Å²) in [5.41, 5.74) is 0. The molecule has 0 aromatic heterocycles. The molecule has 1 aromatic rings. The molecule has 1 N–H and O–H groups in total. The molecule has 1 fully saturated rings. The number of nitrogens with zero attached hydrogens (tertiary/aromatic N) is 2. The van der Waals surface area contributed by atoms with E-state index in [-0.39, 0.29) is 17.9 Å². The van der Waals surface area contributed by atoms with Crippen LogP contribution >= 0.6 is 11.6 Å². The van der Waals surface area contributed by atoms with Gasteiger partial charge in [-0.3, -0.25) is 14.5 Å². The van der Waals surface area contributed by atoms with Gasteiger partial charge in [0, 0.05) is 32.2 Å². The van der Waals surface area contributed by atoms with Crippen LogP contribution in [0.2, 0.25) is 5.02 Å². The van der Waals surface area contributed by atoms with Crippen LogP contribution in [-0.2, 0) is 9.59 Å². The van der Waals surface area contributed by atoms with Gasteiger partial charge in [0.1, 0.15) is 5.75 Å². The molecule has 1 heterocycles. The van der Waals surface area contributed by atoms with Gasteiger partial charge in [0.2, 0.25) is 5.91 Å². The van der Waals surface area contributed by atoms with Crippen LogP contribution in [0.1, 0.15) is 20.8 Å². The van der Waals surface area contributed by atoms with E-state index in [4.69, 9.17) is 16.3 Å². The monoisotopic (exact) mass is 367 g/mol. The molecule has 1 aliphatic heterocycles. The molecule has 25 heavy (non-hydrogen) atoms. The Morgan fingerprint density at radius 2 is 1.80 bits per heavy atom. The van der Waals surface area contributed by atoms with Crippen molar-refractivity contribution < 1.29 is 14.3 Å². The van der Waals surface area contributed by atoms with E-state index in [1.807, 2.05) is 26.0 Å². The average molecular weight is 368 g/mol. The third kappa shape index (κ3) is 5.90. The van der Waals surface area contributed by atoms with E-state index in [0.717, 1.165) is 0 Å². The van der Waals surface area contributed by atoms with E-state index in [9.17, 15) is 9.59 Å². The van der Waals surface area contributed by atoms with Crippen LogP contribution in [0.25, 0.3) is 0 Å². The fourth-order valence-corrected chi connectivity index (χ4v) is 2.92. The Hall–Kier alpha value is -1.79. The van der Waals surface area contributed by atoms with Crippen molar-refractivity contribution in [3.05, 3.63) is 29.3 Å². The zero-order chi connectivity index (χ0) is 18.4. The molecule has 138 valence electrons. The highest BCUT2D eigenvalue weighted by Crippen LogP contribution is 2.24. The fourth-order valence-electron chi connectivity index (χ4n) is 2.74. The van der Waals surface area contributed by atoms with Crippen LogP contribution < -0.4 is 10.1 Å². The van der Waals surface area contributed by atoms with E-state index in [0.29, 0.717) is 43.5 Å². The molecule has 1 atom stereocenters. The number of ether oxygens (including phenoxy) is 1. The number of carbonyl (C=O) groups excluding carboxylic acids is 2. The minimum atomic E-state index is -0.601. The van der Waals surface area contributed by atoms with Gasteiger partial charge >= 0.3 is 0 Å². The maximum absolute atomic E-state index is 12.5. The number of carbonyl (C=O) groups is 2. The Morgan fingerprint density at radius 1 is 1.16 bits per heavy atom. The van der Waals surface area contributed by atoms with E-state index in [1.165, 1.54) is 0 Å². The van der Waals surface area contributed by atoms with E-state index in [2.05, 4.69) is 10.2 Å². The van der Waals surface area contributed by atoms with Crippen molar-refractivity contribution in [2.45, 2.75) is 32.9 Å². The molecular formula is C18H26ClN3O3. The Balaban J connectivity index is 1.80. The van der Waals surface area contributed by atoms with Gasteiger partial charge in [-0.1, -0.05) is 23.7 Å². The Labute approximate surface area is 154 Å². The summed E-state index contributed by atoms with van der Waals surface area (Å²) in [6, 6.07) is 7.25. The smallest absolute Gasteiger partial charge is 0.263 e. The van der Waals surface area contributed by atoms with Gasteiger partial charge in [0.15, 0.2) is 6.10 Å². The van der Waals surface area contributed by atoms with Crippen molar-refractivity contribution in [2.24, 2.45) is 0 Å². The zero-order valence-corrected chi connectivity index (χ0v) is 15.8. The third-order valence-electron chi connectivity index (χ3n) is 3.99. The number of piperazine rings is 1. The Morgan fingerprint density at radius 3 is 2.40 bits per heavy atom.